The Morgan fingerprint density at radius 2 is 0.966 bits per heavy atom. The highest BCUT2D eigenvalue weighted by atomic mass is 16.3. The molecule has 1 aliphatic rings. The van der Waals surface area contributed by atoms with Crippen LogP contribution in [0.3, 0.4) is 0 Å². The molecule has 10 aromatic rings. The maximum Gasteiger partial charge on any atom is 0.242 e. The average molecular weight is 739 g/mol. The van der Waals surface area contributed by atoms with E-state index < -0.39 is 5.41 Å². The molecule has 0 aliphatic heterocycles. The fraction of sp³-hybridized carbons (Fsp3) is 0.0357. The predicted molar refractivity (Wildman–Crippen MR) is 244 cm³/mol. The Bertz CT molecular complexity index is 3080. The molecule has 0 saturated carbocycles. The summed E-state index contributed by atoms with van der Waals surface area (Å²) in [5.41, 5.74) is 19.0. The van der Waals surface area contributed by atoms with E-state index in [1.54, 1.807) is 0 Å². The number of para-hydroxylation sites is 1. The van der Waals surface area contributed by atoms with Crippen molar-refractivity contribution in [3.8, 4) is 33.4 Å². The Hall–Kier alpha value is -7.16. The van der Waals surface area contributed by atoms with E-state index in [1.165, 1.54) is 83.0 Å². The average Bonchev–Trinajstić information content (AvgIpc) is 3.82. The smallest absolute Gasteiger partial charge is 0.242 e. The molecule has 0 radical (unpaired) electrons. The summed E-state index contributed by atoms with van der Waals surface area (Å²) in [6, 6.07) is 80.2. The second-order valence-electron chi connectivity index (χ2n) is 15.6. The molecule has 11 rings (SSSR count). The van der Waals surface area contributed by atoms with Crippen molar-refractivity contribution in [1.29, 1.82) is 0 Å². The van der Waals surface area contributed by atoms with Crippen LogP contribution in [0.25, 0.3) is 55.3 Å². The van der Waals surface area contributed by atoms with Gasteiger partial charge >= 0.3 is 0 Å². The first-order chi connectivity index (χ1) is 28.7. The molecule has 2 heteroatoms. The standard InChI is InChI=1S/C56H39BO/c1-38-17-8-9-22-44(38)46-24-11-10-23-45(46)39-31-33-42(34-32-39)57(52-28-16-30-54-55(52)49-26-13-15-29-53(49)58-54)43-35-36-48-47-25-12-14-27-50(47)56(51(48)37-43,40-18-4-2-5-19-40)41-20-6-3-7-21-41/h2-37H,1H3. The van der Waals surface area contributed by atoms with Crippen LogP contribution in [0.1, 0.15) is 27.8 Å². The molecule has 58 heavy (non-hydrogen) atoms. The van der Waals surface area contributed by atoms with Gasteiger partial charge in [0.05, 0.1) is 5.41 Å². The summed E-state index contributed by atoms with van der Waals surface area (Å²) in [4.78, 5) is 0. The summed E-state index contributed by atoms with van der Waals surface area (Å²) in [5.74, 6) is 0. The van der Waals surface area contributed by atoms with Crippen LogP contribution in [0.5, 0.6) is 0 Å². The van der Waals surface area contributed by atoms with E-state index in [2.05, 4.69) is 225 Å². The molecule has 1 aromatic heterocycles. The topological polar surface area (TPSA) is 13.1 Å². The van der Waals surface area contributed by atoms with Crippen molar-refractivity contribution in [1.82, 2.24) is 0 Å². The molecule has 9 aromatic carbocycles. The molecular formula is C56H39BO. The Kier molecular flexibility index (Phi) is 8.12. The summed E-state index contributed by atoms with van der Waals surface area (Å²) in [5, 5.41) is 2.30. The van der Waals surface area contributed by atoms with Crippen LogP contribution in [-0.4, -0.2) is 6.71 Å². The Morgan fingerprint density at radius 1 is 0.397 bits per heavy atom. The summed E-state index contributed by atoms with van der Waals surface area (Å²) in [6.07, 6.45) is 0. The van der Waals surface area contributed by atoms with Crippen molar-refractivity contribution in [2.24, 2.45) is 0 Å². The lowest BCUT2D eigenvalue weighted by Crippen LogP contribution is -2.52. The van der Waals surface area contributed by atoms with Crippen molar-refractivity contribution < 1.29 is 4.42 Å². The fourth-order valence-electron chi connectivity index (χ4n) is 9.94. The van der Waals surface area contributed by atoms with E-state index in [4.69, 9.17) is 4.42 Å². The minimum absolute atomic E-state index is 0.0800. The van der Waals surface area contributed by atoms with Gasteiger partial charge in [-0.2, -0.15) is 0 Å². The van der Waals surface area contributed by atoms with E-state index >= 15 is 0 Å². The lowest BCUT2D eigenvalue weighted by molar-refractivity contribution is 0.669. The van der Waals surface area contributed by atoms with Gasteiger partial charge in [0.1, 0.15) is 11.2 Å². The lowest BCUT2D eigenvalue weighted by atomic mass is 9.36. The van der Waals surface area contributed by atoms with Crippen molar-refractivity contribution in [3.63, 3.8) is 0 Å². The normalized spacial score (nSPS) is 12.7. The molecule has 0 amide bonds. The molecular weight excluding hydrogens is 699 g/mol. The van der Waals surface area contributed by atoms with E-state index in [-0.39, 0.29) is 6.71 Å². The van der Waals surface area contributed by atoms with Gasteiger partial charge in [-0.05, 0) is 80.3 Å². The van der Waals surface area contributed by atoms with Gasteiger partial charge in [0.2, 0.25) is 6.71 Å². The zero-order valence-electron chi connectivity index (χ0n) is 32.3. The number of hydrogen-bond donors (Lipinski definition) is 0. The molecule has 0 saturated heterocycles. The van der Waals surface area contributed by atoms with E-state index in [1.807, 2.05) is 0 Å². The summed E-state index contributed by atoms with van der Waals surface area (Å²) >= 11 is 0. The van der Waals surface area contributed by atoms with Gasteiger partial charge in [-0.3, -0.25) is 0 Å². The highest BCUT2D eigenvalue weighted by molar-refractivity contribution is 6.97. The second kappa shape index (κ2) is 13.8. The molecule has 272 valence electrons. The van der Waals surface area contributed by atoms with Crippen molar-refractivity contribution >= 4 is 45.0 Å². The number of furan rings is 1. The number of aryl methyl sites for hydroxylation is 1. The van der Waals surface area contributed by atoms with Crippen LogP contribution in [0, 0.1) is 6.92 Å². The minimum atomic E-state index is -0.494. The minimum Gasteiger partial charge on any atom is -0.456 e. The molecule has 0 fully saturated rings. The molecule has 1 nitrogen and oxygen atoms in total. The van der Waals surface area contributed by atoms with E-state index in [9.17, 15) is 0 Å². The zero-order valence-corrected chi connectivity index (χ0v) is 32.3. The quantitative estimate of drug-likeness (QED) is 0.148. The Labute approximate surface area is 340 Å². The first-order valence-electron chi connectivity index (χ1n) is 20.2. The molecule has 0 spiro atoms. The summed E-state index contributed by atoms with van der Waals surface area (Å²) < 4.78 is 6.52. The highest BCUT2D eigenvalue weighted by Gasteiger charge is 2.46. The third-order valence-corrected chi connectivity index (χ3v) is 12.5. The first-order valence-corrected chi connectivity index (χ1v) is 20.2. The van der Waals surface area contributed by atoms with Crippen molar-refractivity contribution in [2.75, 3.05) is 0 Å². The second-order valence-corrected chi connectivity index (χ2v) is 15.6. The van der Waals surface area contributed by atoms with Gasteiger partial charge in [0, 0.05) is 10.8 Å². The van der Waals surface area contributed by atoms with Crippen LogP contribution in [0.2, 0.25) is 0 Å². The third-order valence-electron chi connectivity index (χ3n) is 12.5. The van der Waals surface area contributed by atoms with Crippen LogP contribution in [0.15, 0.2) is 223 Å². The maximum atomic E-state index is 6.52. The van der Waals surface area contributed by atoms with Crippen LogP contribution >= 0.6 is 0 Å². The number of benzene rings is 9. The van der Waals surface area contributed by atoms with E-state index in [0.29, 0.717) is 0 Å². The van der Waals surface area contributed by atoms with Gasteiger partial charge in [-0.15, -0.1) is 0 Å². The zero-order chi connectivity index (χ0) is 38.6. The van der Waals surface area contributed by atoms with E-state index in [0.717, 1.165) is 16.6 Å². The van der Waals surface area contributed by atoms with Crippen LogP contribution < -0.4 is 16.4 Å². The Morgan fingerprint density at radius 3 is 1.71 bits per heavy atom. The van der Waals surface area contributed by atoms with Gasteiger partial charge < -0.3 is 4.42 Å². The SMILES string of the molecule is Cc1ccccc1-c1ccccc1-c1ccc(B(c2ccc3c(c2)C(c2ccccc2)(c2ccccc2)c2ccccc2-3)c2cccc3oc4ccccc4c23)cc1. The van der Waals surface area contributed by atoms with Gasteiger partial charge in [0.15, 0.2) is 0 Å². The molecule has 0 N–H and O–H groups in total. The molecule has 0 bridgehead atoms. The van der Waals surface area contributed by atoms with Crippen molar-refractivity contribution in [2.45, 2.75) is 12.3 Å². The van der Waals surface area contributed by atoms with Gasteiger partial charge in [0.25, 0.3) is 0 Å². The third kappa shape index (κ3) is 5.26. The van der Waals surface area contributed by atoms with Crippen molar-refractivity contribution in [3.05, 3.63) is 246 Å². The molecule has 1 aliphatic carbocycles. The number of rotatable bonds is 7. The molecule has 1 heterocycles. The maximum absolute atomic E-state index is 6.52. The number of fused-ring (bicyclic) bond motifs is 6. The molecule has 0 unspecified atom stereocenters. The summed E-state index contributed by atoms with van der Waals surface area (Å²) in [6.45, 7) is 2.11. The lowest BCUT2D eigenvalue weighted by Gasteiger charge is -2.34. The monoisotopic (exact) mass is 738 g/mol. The first kappa shape index (κ1) is 34.1. The predicted octanol–water partition coefficient (Wildman–Crippen LogP) is 12.1. The summed E-state index contributed by atoms with van der Waals surface area (Å²) in [7, 11) is 0. The Balaban J connectivity index is 1.16. The van der Waals surface area contributed by atoms with Crippen LogP contribution in [-0.2, 0) is 5.41 Å². The number of hydrogen-bond acceptors (Lipinski definition) is 1. The highest BCUT2D eigenvalue weighted by Crippen LogP contribution is 2.55. The van der Waals surface area contributed by atoms with Gasteiger partial charge in [-0.25, -0.2) is 0 Å². The molecule has 0 atom stereocenters. The van der Waals surface area contributed by atoms with Crippen LogP contribution in [0.4, 0.5) is 0 Å². The van der Waals surface area contributed by atoms with Gasteiger partial charge in [-0.1, -0.05) is 223 Å². The fourth-order valence-corrected chi connectivity index (χ4v) is 9.94. The largest absolute Gasteiger partial charge is 0.456 e.